The van der Waals surface area contributed by atoms with Crippen LogP contribution in [0.5, 0.6) is 0 Å². The molecule has 2 heterocycles. The van der Waals surface area contributed by atoms with Gasteiger partial charge in [0.05, 0.1) is 11.3 Å². The topological polar surface area (TPSA) is 72.1 Å². The first-order valence-electron chi connectivity index (χ1n) is 5.23. The van der Waals surface area contributed by atoms with Gasteiger partial charge in [0.25, 0.3) is 5.22 Å². The Morgan fingerprint density at radius 2 is 2.28 bits per heavy atom. The maximum absolute atomic E-state index is 11.4. The van der Waals surface area contributed by atoms with Gasteiger partial charge in [-0.15, -0.1) is 10.2 Å². The van der Waals surface area contributed by atoms with Crippen LogP contribution in [0.25, 0.3) is 11.5 Å². The van der Waals surface area contributed by atoms with Crippen LogP contribution in [0.4, 0.5) is 0 Å². The molecule has 0 spiro atoms. The molecule has 0 fully saturated rings. The van der Waals surface area contributed by atoms with Gasteiger partial charge in [-0.3, -0.25) is 9.78 Å². The van der Waals surface area contributed by atoms with E-state index >= 15 is 0 Å². The molecule has 0 saturated carbocycles. The Hall–Kier alpha value is -1.89. The third-order valence-corrected chi connectivity index (χ3v) is 2.94. The van der Waals surface area contributed by atoms with Gasteiger partial charge in [-0.1, -0.05) is 11.8 Å². The van der Waals surface area contributed by atoms with Crippen LogP contribution in [-0.4, -0.2) is 45.8 Å². The van der Waals surface area contributed by atoms with Crippen LogP contribution in [0.15, 0.2) is 34.2 Å². The molecule has 7 heteroatoms. The maximum atomic E-state index is 11.4. The fraction of sp³-hybridized carbons (Fsp3) is 0.273. The van der Waals surface area contributed by atoms with E-state index in [-0.39, 0.29) is 11.7 Å². The van der Waals surface area contributed by atoms with E-state index in [1.165, 1.54) is 16.7 Å². The molecule has 0 bridgehead atoms. The summed E-state index contributed by atoms with van der Waals surface area (Å²) < 4.78 is 5.43. The highest BCUT2D eigenvalue weighted by Crippen LogP contribution is 2.22. The van der Waals surface area contributed by atoms with Crippen LogP contribution >= 0.6 is 11.8 Å². The van der Waals surface area contributed by atoms with E-state index in [1.807, 2.05) is 6.07 Å². The predicted molar refractivity (Wildman–Crippen MR) is 66.9 cm³/mol. The lowest BCUT2D eigenvalue weighted by Gasteiger charge is -2.07. The van der Waals surface area contributed by atoms with Crippen molar-refractivity contribution in [1.29, 1.82) is 0 Å². The molecule has 2 aromatic rings. The SMILES string of the molecule is CN(C)C(=O)CSc1nnc(-c2cccnc2)o1. The summed E-state index contributed by atoms with van der Waals surface area (Å²) in [5, 5.41) is 8.16. The highest BCUT2D eigenvalue weighted by atomic mass is 32.2. The van der Waals surface area contributed by atoms with Crippen molar-refractivity contribution in [2.24, 2.45) is 0 Å². The standard InChI is InChI=1S/C11H12N4O2S/c1-15(2)9(16)7-18-11-14-13-10(17-11)8-4-3-5-12-6-8/h3-6H,7H2,1-2H3. The summed E-state index contributed by atoms with van der Waals surface area (Å²) in [6.45, 7) is 0. The smallest absolute Gasteiger partial charge is 0.277 e. The molecule has 94 valence electrons. The monoisotopic (exact) mass is 264 g/mol. The summed E-state index contributed by atoms with van der Waals surface area (Å²) in [6, 6.07) is 3.63. The largest absolute Gasteiger partial charge is 0.411 e. The first kappa shape index (κ1) is 12.6. The summed E-state index contributed by atoms with van der Waals surface area (Å²) in [4.78, 5) is 16.9. The second-order valence-electron chi connectivity index (χ2n) is 3.69. The summed E-state index contributed by atoms with van der Waals surface area (Å²) in [7, 11) is 3.41. The van der Waals surface area contributed by atoms with Crippen LogP contribution < -0.4 is 0 Å². The molecule has 0 aliphatic heterocycles. The molecule has 1 amide bonds. The number of aromatic nitrogens is 3. The van der Waals surface area contributed by atoms with Gasteiger partial charge >= 0.3 is 0 Å². The van der Waals surface area contributed by atoms with Gasteiger partial charge in [-0.05, 0) is 12.1 Å². The minimum atomic E-state index is 0.00104. The van der Waals surface area contributed by atoms with Crippen LogP contribution in [0.2, 0.25) is 0 Å². The van der Waals surface area contributed by atoms with Gasteiger partial charge in [0.1, 0.15) is 0 Å². The van der Waals surface area contributed by atoms with Gasteiger partial charge in [0.15, 0.2) is 0 Å². The van der Waals surface area contributed by atoms with Crippen LogP contribution in [-0.2, 0) is 4.79 Å². The lowest BCUT2D eigenvalue weighted by atomic mass is 10.3. The van der Waals surface area contributed by atoms with Crippen molar-refractivity contribution in [3.8, 4) is 11.5 Å². The van der Waals surface area contributed by atoms with Crippen molar-refractivity contribution in [2.45, 2.75) is 5.22 Å². The van der Waals surface area contributed by atoms with E-state index in [4.69, 9.17) is 4.42 Å². The van der Waals surface area contributed by atoms with E-state index in [9.17, 15) is 4.79 Å². The molecule has 0 saturated heterocycles. The fourth-order valence-electron chi connectivity index (χ4n) is 1.13. The van der Waals surface area contributed by atoms with E-state index in [0.29, 0.717) is 11.1 Å². The Morgan fingerprint density at radius 1 is 1.44 bits per heavy atom. The Kier molecular flexibility index (Phi) is 3.93. The number of hydrogen-bond donors (Lipinski definition) is 0. The maximum Gasteiger partial charge on any atom is 0.277 e. The van der Waals surface area contributed by atoms with Crippen LogP contribution in [0, 0.1) is 0 Å². The zero-order chi connectivity index (χ0) is 13.0. The van der Waals surface area contributed by atoms with E-state index in [0.717, 1.165) is 5.56 Å². The lowest BCUT2D eigenvalue weighted by molar-refractivity contribution is -0.125. The lowest BCUT2D eigenvalue weighted by Crippen LogP contribution is -2.23. The Bertz CT molecular complexity index is 527. The second kappa shape index (κ2) is 5.63. The van der Waals surface area contributed by atoms with Crippen molar-refractivity contribution in [3.63, 3.8) is 0 Å². The molecule has 0 radical (unpaired) electrons. The minimum Gasteiger partial charge on any atom is -0.411 e. The zero-order valence-electron chi connectivity index (χ0n) is 10.0. The van der Waals surface area contributed by atoms with Gasteiger partial charge < -0.3 is 9.32 Å². The predicted octanol–water partition coefficient (Wildman–Crippen LogP) is 1.31. The molecule has 0 N–H and O–H groups in total. The van der Waals surface area contributed by atoms with Crippen molar-refractivity contribution in [2.75, 3.05) is 19.8 Å². The first-order valence-corrected chi connectivity index (χ1v) is 6.22. The highest BCUT2D eigenvalue weighted by molar-refractivity contribution is 7.99. The fourth-order valence-corrected chi connectivity index (χ4v) is 1.87. The van der Waals surface area contributed by atoms with Gasteiger partial charge in [0.2, 0.25) is 11.8 Å². The average Bonchev–Trinajstić information content (AvgIpc) is 2.85. The van der Waals surface area contributed by atoms with Crippen molar-refractivity contribution in [1.82, 2.24) is 20.1 Å². The number of nitrogens with zero attached hydrogens (tertiary/aromatic N) is 4. The second-order valence-corrected chi connectivity index (χ2v) is 4.62. The van der Waals surface area contributed by atoms with Crippen LogP contribution in [0.1, 0.15) is 0 Å². The third-order valence-electron chi connectivity index (χ3n) is 2.13. The first-order chi connectivity index (χ1) is 8.66. The number of amides is 1. The minimum absolute atomic E-state index is 0.00104. The molecule has 0 unspecified atom stereocenters. The van der Waals surface area contributed by atoms with Crippen LogP contribution in [0.3, 0.4) is 0 Å². The van der Waals surface area contributed by atoms with Gasteiger partial charge in [0, 0.05) is 26.5 Å². The average molecular weight is 264 g/mol. The van der Waals surface area contributed by atoms with E-state index < -0.39 is 0 Å². The number of thioether (sulfide) groups is 1. The molecule has 0 aliphatic carbocycles. The van der Waals surface area contributed by atoms with Gasteiger partial charge in [-0.2, -0.15) is 0 Å². The molecule has 0 aliphatic rings. The molecular formula is C11H12N4O2S. The van der Waals surface area contributed by atoms with Gasteiger partial charge in [-0.25, -0.2) is 0 Å². The van der Waals surface area contributed by atoms with Crippen molar-refractivity contribution < 1.29 is 9.21 Å². The van der Waals surface area contributed by atoms with Crippen molar-refractivity contribution >= 4 is 17.7 Å². The highest BCUT2D eigenvalue weighted by Gasteiger charge is 2.11. The molecule has 0 aromatic carbocycles. The number of carbonyl (C=O) groups is 1. The third kappa shape index (κ3) is 3.07. The molecule has 2 aromatic heterocycles. The quantitative estimate of drug-likeness (QED) is 0.775. The van der Waals surface area contributed by atoms with E-state index in [1.54, 1.807) is 32.6 Å². The Morgan fingerprint density at radius 3 is 2.94 bits per heavy atom. The number of pyridine rings is 1. The molecule has 0 atom stereocenters. The zero-order valence-corrected chi connectivity index (χ0v) is 10.8. The van der Waals surface area contributed by atoms with Crippen molar-refractivity contribution in [3.05, 3.63) is 24.5 Å². The summed E-state index contributed by atoms with van der Waals surface area (Å²) >= 11 is 1.22. The summed E-state index contributed by atoms with van der Waals surface area (Å²) in [5.41, 5.74) is 0.760. The number of hydrogen-bond acceptors (Lipinski definition) is 6. The molecule has 2 rings (SSSR count). The summed E-state index contributed by atoms with van der Waals surface area (Å²) in [5.74, 6) is 0.686. The Balaban J connectivity index is 2.01. The van der Waals surface area contributed by atoms with E-state index in [2.05, 4.69) is 15.2 Å². The molecular weight excluding hydrogens is 252 g/mol. The number of rotatable bonds is 4. The molecule has 6 nitrogen and oxygen atoms in total. The molecule has 18 heavy (non-hydrogen) atoms. The summed E-state index contributed by atoms with van der Waals surface area (Å²) in [6.07, 6.45) is 3.32. The normalized spacial score (nSPS) is 10.3. The Labute approximate surface area is 108 Å². The number of carbonyl (C=O) groups excluding carboxylic acids is 1.